The molecule has 2 N–H and O–H groups in total. The van der Waals surface area contributed by atoms with Crippen LogP contribution in [0.5, 0.6) is 0 Å². The molecular weight excluding hydrogens is 354 g/mol. The van der Waals surface area contributed by atoms with E-state index < -0.39 is 5.92 Å². The zero-order valence-electron chi connectivity index (χ0n) is 16.4. The molecule has 146 valence electrons. The minimum absolute atomic E-state index is 0.0986. The molecule has 1 fully saturated rings. The smallest absolute Gasteiger partial charge is 0.239 e. The second kappa shape index (κ2) is 8.25. The lowest BCUT2D eigenvalue weighted by Crippen LogP contribution is -2.33. The van der Waals surface area contributed by atoms with E-state index in [2.05, 4.69) is 10.6 Å². The summed E-state index contributed by atoms with van der Waals surface area (Å²) in [4.78, 5) is 38.7. The zero-order valence-corrected chi connectivity index (χ0v) is 16.4. The van der Waals surface area contributed by atoms with Gasteiger partial charge < -0.3 is 15.5 Å². The van der Waals surface area contributed by atoms with Crippen LogP contribution in [0.2, 0.25) is 0 Å². The maximum absolute atomic E-state index is 12.8. The van der Waals surface area contributed by atoms with Gasteiger partial charge in [-0.1, -0.05) is 19.1 Å². The van der Waals surface area contributed by atoms with Crippen LogP contribution in [0.3, 0.4) is 0 Å². The van der Waals surface area contributed by atoms with E-state index in [1.807, 2.05) is 32.0 Å². The Bertz CT molecular complexity index is 923. The van der Waals surface area contributed by atoms with Crippen LogP contribution in [-0.2, 0) is 14.4 Å². The van der Waals surface area contributed by atoms with Gasteiger partial charge in [0.15, 0.2) is 0 Å². The molecule has 1 saturated heterocycles. The van der Waals surface area contributed by atoms with Crippen LogP contribution in [-0.4, -0.2) is 24.3 Å². The van der Waals surface area contributed by atoms with Crippen molar-refractivity contribution >= 4 is 34.8 Å². The first kappa shape index (κ1) is 19.6. The molecule has 2 aromatic rings. The van der Waals surface area contributed by atoms with E-state index >= 15 is 0 Å². The minimum Gasteiger partial charge on any atom is -0.326 e. The Labute approximate surface area is 164 Å². The summed E-state index contributed by atoms with van der Waals surface area (Å²) in [5.74, 6) is -1.32. The first-order chi connectivity index (χ1) is 13.4. The van der Waals surface area contributed by atoms with Crippen LogP contribution in [0, 0.1) is 19.8 Å². The van der Waals surface area contributed by atoms with Crippen molar-refractivity contribution in [3.63, 3.8) is 0 Å². The van der Waals surface area contributed by atoms with Crippen molar-refractivity contribution in [2.24, 2.45) is 5.92 Å². The van der Waals surface area contributed by atoms with Crippen molar-refractivity contribution < 1.29 is 14.4 Å². The lowest BCUT2D eigenvalue weighted by Gasteiger charge is -2.18. The highest BCUT2D eigenvalue weighted by Gasteiger charge is 2.37. The van der Waals surface area contributed by atoms with Crippen LogP contribution >= 0.6 is 0 Å². The lowest BCUT2D eigenvalue weighted by atomic mass is 10.1. The van der Waals surface area contributed by atoms with E-state index in [1.165, 1.54) is 5.56 Å². The van der Waals surface area contributed by atoms with Crippen molar-refractivity contribution in [1.29, 1.82) is 0 Å². The van der Waals surface area contributed by atoms with Crippen LogP contribution in [0.4, 0.5) is 17.1 Å². The summed E-state index contributed by atoms with van der Waals surface area (Å²) in [6.07, 6.45) is 0.853. The molecular formula is C22H25N3O3. The number of carbonyl (C=O) groups excluding carboxylic acids is 3. The maximum Gasteiger partial charge on any atom is 0.239 e. The second-order valence-electron chi connectivity index (χ2n) is 7.07. The largest absolute Gasteiger partial charge is 0.326 e. The fraction of sp³-hybridized carbons (Fsp3) is 0.318. The highest BCUT2D eigenvalue weighted by Crippen LogP contribution is 2.28. The molecule has 0 saturated carbocycles. The Kier molecular flexibility index (Phi) is 5.78. The van der Waals surface area contributed by atoms with Crippen LogP contribution < -0.4 is 15.5 Å². The summed E-state index contributed by atoms with van der Waals surface area (Å²) in [6.45, 7) is 6.33. The van der Waals surface area contributed by atoms with Gasteiger partial charge in [-0.05, 0) is 61.7 Å². The Morgan fingerprint density at radius 2 is 1.75 bits per heavy atom. The van der Waals surface area contributed by atoms with Crippen molar-refractivity contribution in [2.45, 2.75) is 33.6 Å². The molecule has 6 nitrogen and oxygen atoms in total. The molecule has 2 aromatic carbocycles. The third kappa shape index (κ3) is 4.22. The summed E-state index contributed by atoms with van der Waals surface area (Å²) >= 11 is 0. The van der Waals surface area contributed by atoms with Crippen molar-refractivity contribution in [3.05, 3.63) is 53.6 Å². The molecule has 1 heterocycles. The number of hydrogen-bond donors (Lipinski definition) is 2. The number of benzene rings is 2. The Hall–Kier alpha value is -3.15. The van der Waals surface area contributed by atoms with E-state index in [4.69, 9.17) is 0 Å². The van der Waals surface area contributed by atoms with Gasteiger partial charge >= 0.3 is 0 Å². The third-order valence-electron chi connectivity index (χ3n) is 5.06. The molecule has 0 spiro atoms. The predicted molar refractivity (Wildman–Crippen MR) is 110 cm³/mol. The van der Waals surface area contributed by atoms with Gasteiger partial charge in [0, 0.05) is 30.0 Å². The Morgan fingerprint density at radius 1 is 1.04 bits per heavy atom. The number of nitrogens with zero attached hydrogens (tertiary/aromatic N) is 1. The van der Waals surface area contributed by atoms with E-state index in [-0.39, 0.29) is 17.7 Å². The topological polar surface area (TPSA) is 78.5 Å². The van der Waals surface area contributed by atoms with Crippen LogP contribution in [0.15, 0.2) is 42.5 Å². The normalized spacial score (nSPS) is 16.2. The molecule has 3 rings (SSSR count). The Morgan fingerprint density at radius 3 is 2.43 bits per heavy atom. The molecule has 1 atom stereocenters. The summed E-state index contributed by atoms with van der Waals surface area (Å²) in [6, 6.07) is 12.8. The van der Waals surface area contributed by atoms with Gasteiger partial charge in [0.05, 0.1) is 0 Å². The lowest BCUT2D eigenvalue weighted by molar-refractivity contribution is -0.129. The molecule has 6 heteroatoms. The number of carbonyl (C=O) groups is 3. The number of nitrogens with one attached hydrogen (secondary N) is 2. The monoisotopic (exact) mass is 379 g/mol. The summed E-state index contributed by atoms with van der Waals surface area (Å²) in [5.41, 5.74) is 4.27. The van der Waals surface area contributed by atoms with Crippen molar-refractivity contribution in [1.82, 2.24) is 0 Å². The van der Waals surface area contributed by atoms with Crippen molar-refractivity contribution in [3.8, 4) is 0 Å². The average Bonchev–Trinajstić information content (AvgIpc) is 3.05. The number of amides is 3. The number of aryl methyl sites for hydroxylation is 2. The average molecular weight is 379 g/mol. The molecule has 0 bridgehead atoms. The van der Waals surface area contributed by atoms with Gasteiger partial charge in [-0.25, -0.2) is 0 Å². The van der Waals surface area contributed by atoms with Gasteiger partial charge in [-0.2, -0.15) is 0 Å². The highest BCUT2D eigenvalue weighted by molar-refractivity contribution is 6.13. The first-order valence-electron chi connectivity index (χ1n) is 9.48. The third-order valence-corrected chi connectivity index (χ3v) is 5.06. The maximum atomic E-state index is 12.8. The summed E-state index contributed by atoms with van der Waals surface area (Å²) < 4.78 is 0. The van der Waals surface area contributed by atoms with Gasteiger partial charge in [-0.3, -0.25) is 14.4 Å². The van der Waals surface area contributed by atoms with Gasteiger partial charge in [0.2, 0.25) is 17.7 Å². The summed E-state index contributed by atoms with van der Waals surface area (Å²) in [7, 11) is 0. The van der Waals surface area contributed by atoms with E-state index in [0.717, 1.165) is 11.3 Å². The zero-order chi connectivity index (χ0) is 20.3. The molecule has 3 amide bonds. The molecule has 0 radical (unpaired) electrons. The van der Waals surface area contributed by atoms with E-state index in [9.17, 15) is 14.4 Å². The van der Waals surface area contributed by atoms with E-state index in [0.29, 0.717) is 30.8 Å². The van der Waals surface area contributed by atoms with Gasteiger partial charge in [-0.15, -0.1) is 0 Å². The fourth-order valence-corrected chi connectivity index (χ4v) is 3.23. The molecule has 1 aliphatic heterocycles. The minimum atomic E-state index is -0.713. The molecule has 28 heavy (non-hydrogen) atoms. The standard InChI is InChI=1S/C22H25N3O3/c1-4-20(26)23-16-6-5-7-17(13-16)24-21(27)19-10-11-25(22(19)28)18-9-8-14(2)15(3)12-18/h5-9,12-13,19H,4,10-11H2,1-3H3,(H,23,26)(H,24,27). The SMILES string of the molecule is CCC(=O)Nc1cccc(NC(=O)C2CCN(c3ccc(C)c(C)c3)C2=O)c1. The molecule has 1 aliphatic rings. The second-order valence-corrected chi connectivity index (χ2v) is 7.07. The van der Waals surface area contributed by atoms with Crippen molar-refractivity contribution in [2.75, 3.05) is 22.1 Å². The summed E-state index contributed by atoms with van der Waals surface area (Å²) in [5, 5.41) is 5.56. The number of anilines is 3. The number of rotatable bonds is 5. The van der Waals surface area contributed by atoms with Crippen LogP contribution in [0.25, 0.3) is 0 Å². The molecule has 0 aromatic heterocycles. The van der Waals surface area contributed by atoms with Gasteiger partial charge in [0.25, 0.3) is 0 Å². The fourth-order valence-electron chi connectivity index (χ4n) is 3.23. The van der Waals surface area contributed by atoms with Crippen LogP contribution in [0.1, 0.15) is 30.9 Å². The Balaban J connectivity index is 1.68. The van der Waals surface area contributed by atoms with Gasteiger partial charge in [0.1, 0.15) is 5.92 Å². The number of hydrogen-bond acceptors (Lipinski definition) is 3. The molecule has 1 unspecified atom stereocenters. The quantitative estimate of drug-likeness (QED) is 0.779. The highest BCUT2D eigenvalue weighted by atomic mass is 16.2. The first-order valence-corrected chi connectivity index (χ1v) is 9.48. The predicted octanol–water partition coefficient (Wildman–Crippen LogP) is 3.64. The van der Waals surface area contributed by atoms with E-state index in [1.54, 1.807) is 36.1 Å². The molecule has 0 aliphatic carbocycles.